The highest BCUT2D eigenvalue weighted by atomic mass is 15.0. The van der Waals surface area contributed by atoms with E-state index in [0.29, 0.717) is 0 Å². The third-order valence-electron chi connectivity index (χ3n) is 2.97. The lowest BCUT2D eigenvalue weighted by atomic mass is 10.1. The van der Waals surface area contributed by atoms with Gasteiger partial charge in [-0.2, -0.15) is 0 Å². The summed E-state index contributed by atoms with van der Waals surface area (Å²) in [5.41, 5.74) is 4.72. The number of aromatic nitrogens is 2. The summed E-state index contributed by atoms with van der Waals surface area (Å²) in [4.78, 5) is 7.94. The van der Waals surface area contributed by atoms with Gasteiger partial charge in [0.2, 0.25) is 0 Å². The summed E-state index contributed by atoms with van der Waals surface area (Å²) in [7, 11) is 1.93. The lowest BCUT2D eigenvalue weighted by Crippen LogP contribution is -2.06. The molecular weight excluding hydrogens is 210 g/mol. The van der Waals surface area contributed by atoms with E-state index in [0.717, 1.165) is 35.7 Å². The minimum atomic E-state index is 0.801. The van der Waals surface area contributed by atoms with Crippen molar-refractivity contribution in [3.8, 4) is 11.4 Å². The van der Waals surface area contributed by atoms with Gasteiger partial charge in [0.25, 0.3) is 0 Å². The largest absolute Gasteiger partial charge is 0.342 e. The number of nitrogens with zero attached hydrogens (tertiary/aromatic N) is 1. The van der Waals surface area contributed by atoms with Crippen LogP contribution in [0.2, 0.25) is 0 Å². The van der Waals surface area contributed by atoms with Gasteiger partial charge < -0.3 is 10.3 Å². The predicted molar refractivity (Wildman–Crippen MR) is 70.9 cm³/mol. The quantitative estimate of drug-likeness (QED) is 0.846. The summed E-state index contributed by atoms with van der Waals surface area (Å²) in [6.07, 6.45) is 1.07. The SMILES string of the molecule is CCc1ccc(-c2nc(CNC)c(C)[nH]2)cc1. The van der Waals surface area contributed by atoms with Crippen LogP contribution in [-0.4, -0.2) is 17.0 Å². The van der Waals surface area contributed by atoms with Gasteiger partial charge in [0.05, 0.1) is 5.69 Å². The van der Waals surface area contributed by atoms with Crippen molar-refractivity contribution in [2.45, 2.75) is 26.8 Å². The van der Waals surface area contributed by atoms with Crippen molar-refractivity contribution in [1.29, 1.82) is 0 Å². The number of rotatable bonds is 4. The average Bonchev–Trinajstić information content (AvgIpc) is 2.72. The van der Waals surface area contributed by atoms with Crippen molar-refractivity contribution >= 4 is 0 Å². The highest BCUT2D eigenvalue weighted by Crippen LogP contribution is 2.18. The molecule has 2 rings (SSSR count). The van der Waals surface area contributed by atoms with Gasteiger partial charge in [0.15, 0.2) is 0 Å². The lowest BCUT2D eigenvalue weighted by Gasteiger charge is -1.99. The Bertz CT molecular complexity index is 483. The third-order valence-corrected chi connectivity index (χ3v) is 2.97. The van der Waals surface area contributed by atoms with Gasteiger partial charge in [-0.1, -0.05) is 31.2 Å². The van der Waals surface area contributed by atoms with E-state index in [2.05, 4.69) is 53.4 Å². The molecule has 2 aromatic rings. The van der Waals surface area contributed by atoms with Gasteiger partial charge in [0, 0.05) is 17.8 Å². The van der Waals surface area contributed by atoms with E-state index >= 15 is 0 Å². The maximum atomic E-state index is 4.61. The molecule has 0 saturated carbocycles. The van der Waals surface area contributed by atoms with Crippen LogP contribution in [0.25, 0.3) is 11.4 Å². The molecule has 0 saturated heterocycles. The van der Waals surface area contributed by atoms with Crippen LogP contribution >= 0.6 is 0 Å². The molecule has 0 bridgehead atoms. The monoisotopic (exact) mass is 229 g/mol. The summed E-state index contributed by atoms with van der Waals surface area (Å²) in [5.74, 6) is 0.954. The molecule has 1 aromatic carbocycles. The van der Waals surface area contributed by atoms with Gasteiger partial charge >= 0.3 is 0 Å². The zero-order chi connectivity index (χ0) is 12.3. The van der Waals surface area contributed by atoms with Crippen LogP contribution in [0, 0.1) is 6.92 Å². The molecule has 3 nitrogen and oxygen atoms in total. The summed E-state index contributed by atoms with van der Waals surface area (Å²) in [6, 6.07) is 8.57. The number of hydrogen-bond acceptors (Lipinski definition) is 2. The molecule has 0 unspecified atom stereocenters. The summed E-state index contributed by atoms with van der Waals surface area (Å²) in [5, 5.41) is 3.13. The van der Waals surface area contributed by atoms with E-state index in [1.54, 1.807) is 0 Å². The lowest BCUT2D eigenvalue weighted by molar-refractivity contribution is 0.791. The molecular formula is C14H19N3. The van der Waals surface area contributed by atoms with Crippen LogP contribution in [0.15, 0.2) is 24.3 Å². The number of hydrogen-bond donors (Lipinski definition) is 2. The molecule has 1 heterocycles. The van der Waals surface area contributed by atoms with Crippen LogP contribution in [0.4, 0.5) is 0 Å². The van der Waals surface area contributed by atoms with Crippen molar-refractivity contribution in [3.05, 3.63) is 41.2 Å². The van der Waals surface area contributed by atoms with Crippen LogP contribution < -0.4 is 5.32 Å². The summed E-state index contributed by atoms with van der Waals surface area (Å²) in [6.45, 7) is 5.02. The smallest absolute Gasteiger partial charge is 0.137 e. The topological polar surface area (TPSA) is 40.7 Å². The Kier molecular flexibility index (Phi) is 3.59. The van der Waals surface area contributed by atoms with Crippen molar-refractivity contribution < 1.29 is 0 Å². The summed E-state index contributed by atoms with van der Waals surface area (Å²) < 4.78 is 0. The van der Waals surface area contributed by atoms with Gasteiger partial charge in [-0.05, 0) is 26.0 Å². The second kappa shape index (κ2) is 5.15. The van der Waals surface area contributed by atoms with Gasteiger partial charge in [-0.25, -0.2) is 4.98 Å². The van der Waals surface area contributed by atoms with Crippen molar-refractivity contribution in [3.63, 3.8) is 0 Å². The first-order valence-corrected chi connectivity index (χ1v) is 6.04. The molecule has 0 amide bonds. The van der Waals surface area contributed by atoms with Gasteiger partial charge in [-0.3, -0.25) is 0 Å². The molecule has 0 radical (unpaired) electrons. The van der Waals surface area contributed by atoms with E-state index in [4.69, 9.17) is 0 Å². The Balaban J connectivity index is 2.29. The van der Waals surface area contributed by atoms with Crippen molar-refractivity contribution in [1.82, 2.24) is 15.3 Å². The maximum Gasteiger partial charge on any atom is 0.137 e. The molecule has 17 heavy (non-hydrogen) atoms. The standard InChI is InChI=1S/C14H19N3/c1-4-11-5-7-12(8-6-11)14-16-10(2)13(17-14)9-15-3/h5-8,15H,4,9H2,1-3H3,(H,16,17). The highest BCUT2D eigenvalue weighted by molar-refractivity contribution is 5.56. The van der Waals surface area contributed by atoms with Gasteiger partial charge in [-0.15, -0.1) is 0 Å². The zero-order valence-corrected chi connectivity index (χ0v) is 10.7. The Morgan fingerprint density at radius 1 is 1.24 bits per heavy atom. The molecule has 90 valence electrons. The van der Waals surface area contributed by atoms with Crippen molar-refractivity contribution in [2.75, 3.05) is 7.05 Å². The molecule has 0 atom stereocenters. The number of imidazole rings is 1. The summed E-state index contributed by atoms with van der Waals surface area (Å²) >= 11 is 0. The second-order valence-corrected chi connectivity index (χ2v) is 4.24. The maximum absolute atomic E-state index is 4.61. The van der Waals surface area contributed by atoms with Crippen LogP contribution in [0.3, 0.4) is 0 Å². The first-order chi connectivity index (χ1) is 8.24. The molecule has 0 fully saturated rings. The molecule has 1 aromatic heterocycles. The average molecular weight is 229 g/mol. The second-order valence-electron chi connectivity index (χ2n) is 4.24. The van der Waals surface area contributed by atoms with Gasteiger partial charge in [0.1, 0.15) is 5.82 Å². The molecule has 0 aliphatic heterocycles. The minimum absolute atomic E-state index is 0.801. The fraction of sp³-hybridized carbons (Fsp3) is 0.357. The normalized spacial score (nSPS) is 10.8. The third kappa shape index (κ3) is 2.56. The molecule has 2 N–H and O–H groups in total. The van der Waals surface area contributed by atoms with Crippen LogP contribution in [0.5, 0.6) is 0 Å². The fourth-order valence-corrected chi connectivity index (χ4v) is 1.87. The Morgan fingerprint density at radius 3 is 2.53 bits per heavy atom. The molecule has 0 spiro atoms. The predicted octanol–water partition coefficient (Wildman–Crippen LogP) is 2.67. The molecule has 0 aliphatic carbocycles. The molecule has 0 aliphatic rings. The fourth-order valence-electron chi connectivity index (χ4n) is 1.87. The number of aromatic amines is 1. The first kappa shape index (κ1) is 11.9. The number of nitrogens with one attached hydrogen (secondary N) is 2. The molecule has 3 heteroatoms. The first-order valence-electron chi connectivity index (χ1n) is 6.04. The number of benzene rings is 1. The Morgan fingerprint density at radius 2 is 1.94 bits per heavy atom. The minimum Gasteiger partial charge on any atom is -0.342 e. The number of aryl methyl sites for hydroxylation is 2. The van der Waals surface area contributed by atoms with E-state index in [1.807, 2.05) is 7.05 Å². The number of H-pyrrole nitrogens is 1. The Hall–Kier alpha value is -1.61. The van der Waals surface area contributed by atoms with Crippen LogP contribution in [0.1, 0.15) is 23.9 Å². The van der Waals surface area contributed by atoms with E-state index in [1.165, 1.54) is 5.56 Å². The van der Waals surface area contributed by atoms with E-state index in [9.17, 15) is 0 Å². The van der Waals surface area contributed by atoms with E-state index < -0.39 is 0 Å². The van der Waals surface area contributed by atoms with E-state index in [-0.39, 0.29) is 0 Å². The van der Waals surface area contributed by atoms with Crippen LogP contribution in [-0.2, 0) is 13.0 Å². The highest BCUT2D eigenvalue weighted by Gasteiger charge is 2.07. The zero-order valence-electron chi connectivity index (χ0n) is 10.7. The Labute approximate surface area is 102 Å². The van der Waals surface area contributed by atoms with Crippen molar-refractivity contribution in [2.24, 2.45) is 0 Å².